The molecule has 0 saturated heterocycles. The van der Waals surface area contributed by atoms with Crippen LogP contribution in [0.25, 0.3) is 0 Å². The number of carboxylic acid groups (broad SMARTS) is 1. The maximum absolute atomic E-state index is 10.7. The van der Waals surface area contributed by atoms with Crippen molar-refractivity contribution in [3.05, 3.63) is 35.4 Å². The molecule has 0 radical (unpaired) electrons. The Hall–Kier alpha value is -1.39. The van der Waals surface area contributed by atoms with Crippen LogP contribution >= 0.6 is 0 Å². The van der Waals surface area contributed by atoms with Gasteiger partial charge in [0.05, 0.1) is 5.56 Å². The average molecular weight is 194 g/mol. The molecule has 14 heavy (non-hydrogen) atoms. The minimum Gasteiger partial charge on any atom is -0.478 e. The van der Waals surface area contributed by atoms with Crippen LogP contribution < -0.4 is 5.43 Å². The predicted octanol–water partition coefficient (Wildman–Crippen LogP) is 0.951. The average Bonchev–Trinajstić information content (AvgIpc) is 2.15. The predicted molar refractivity (Wildman–Crippen MR) is 53.9 cm³/mol. The smallest absolute Gasteiger partial charge is 0.335 e. The zero-order valence-corrected chi connectivity index (χ0v) is 8.32. The van der Waals surface area contributed by atoms with Gasteiger partial charge in [0, 0.05) is 20.6 Å². The SMILES string of the molecule is CN(C)NCc1cccc(C(=O)O)c1. The minimum absolute atomic E-state index is 0.322. The molecular weight excluding hydrogens is 180 g/mol. The van der Waals surface area contributed by atoms with Crippen molar-refractivity contribution in [2.45, 2.75) is 6.54 Å². The van der Waals surface area contributed by atoms with Crippen molar-refractivity contribution < 1.29 is 9.90 Å². The first-order chi connectivity index (χ1) is 6.59. The zero-order valence-electron chi connectivity index (χ0n) is 8.32. The molecule has 0 bridgehead atoms. The van der Waals surface area contributed by atoms with Crippen molar-refractivity contribution in [2.75, 3.05) is 14.1 Å². The van der Waals surface area contributed by atoms with Crippen LogP contribution in [0.2, 0.25) is 0 Å². The summed E-state index contributed by atoms with van der Waals surface area (Å²) in [7, 11) is 3.78. The molecule has 1 rings (SSSR count). The van der Waals surface area contributed by atoms with Crippen LogP contribution in [0.5, 0.6) is 0 Å². The second-order valence-electron chi connectivity index (χ2n) is 3.23. The minimum atomic E-state index is -0.892. The van der Waals surface area contributed by atoms with Gasteiger partial charge in [-0.25, -0.2) is 4.79 Å². The molecule has 0 atom stereocenters. The van der Waals surface area contributed by atoms with Crippen molar-refractivity contribution in [1.82, 2.24) is 10.4 Å². The van der Waals surface area contributed by atoms with Crippen LogP contribution in [0.3, 0.4) is 0 Å². The summed E-state index contributed by atoms with van der Waals surface area (Å²) in [5, 5.41) is 10.6. The Morgan fingerprint density at radius 3 is 2.79 bits per heavy atom. The van der Waals surface area contributed by atoms with E-state index < -0.39 is 5.97 Å². The normalized spacial score (nSPS) is 10.5. The quantitative estimate of drug-likeness (QED) is 0.701. The van der Waals surface area contributed by atoms with E-state index in [1.54, 1.807) is 18.2 Å². The third-order valence-corrected chi connectivity index (χ3v) is 1.77. The molecule has 4 nitrogen and oxygen atoms in total. The lowest BCUT2D eigenvalue weighted by atomic mass is 10.1. The van der Waals surface area contributed by atoms with Gasteiger partial charge in [-0.15, -0.1) is 0 Å². The first-order valence-corrected chi connectivity index (χ1v) is 4.32. The Labute approximate surface area is 83.1 Å². The molecule has 2 N–H and O–H groups in total. The highest BCUT2D eigenvalue weighted by Gasteiger charge is 2.02. The second kappa shape index (κ2) is 4.74. The number of hydrazine groups is 1. The largest absolute Gasteiger partial charge is 0.478 e. The highest BCUT2D eigenvalue weighted by atomic mass is 16.4. The maximum Gasteiger partial charge on any atom is 0.335 e. The molecule has 0 unspecified atom stereocenters. The van der Waals surface area contributed by atoms with Crippen molar-refractivity contribution >= 4 is 5.97 Å². The molecule has 0 heterocycles. The van der Waals surface area contributed by atoms with Gasteiger partial charge in [0.2, 0.25) is 0 Å². The van der Waals surface area contributed by atoms with E-state index in [1.807, 2.05) is 25.2 Å². The van der Waals surface area contributed by atoms with E-state index in [9.17, 15) is 4.79 Å². The van der Waals surface area contributed by atoms with Gasteiger partial charge in [-0.1, -0.05) is 12.1 Å². The van der Waals surface area contributed by atoms with Gasteiger partial charge in [0.15, 0.2) is 0 Å². The van der Waals surface area contributed by atoms with E-state index in [0.717, 1.165) is 5.56 Å². The lowest BCUT2D eigenvalue weighted by Gasteiger charge is -2.11. The van der Waals surface area contributed by atoms with Gasteiger partial charge in [-0.3, -0.25) is 10.4 Å². The Morgan fingerprint density at radius 2 is 2.21 bits per heavy atom. The molecular formula is C10H14N2O2. The molecule has 0 fully saturated rings. The Bertz CT molecular complexity index is 324. The number of carbonyl (C=O) groups is 1. The van der Waals surface area contributed by atoms with E-state index in [0.29, 0.717) is 12.1 Å². The molecule has 0 aromatic heterocycles. The number of nitrogens with zero attached hydrogens (tertiary/aromatic N) is 1. The number of carboxylic acids is 1. The summed E-state index contributed by atoms with van der Waals surface area (Å²) >= 11 is 0. The molecule has 4 heteroatoms. The summed E-state index contributed by atoms with van der Waals surface area (Å²) in [6.07, 6.45) is 0. The number of hydrogen-bond acceptors (Lipinski definition) is 3. The van der Waals surface area contributed by atoms with E-state index in [2.05, 4.69) is 5.43 Å². The van der Waals surface area contributed by atoms with Crippen LogP contribution in [0.4, 0.5) is 0 Å². The van der Waals surface area contributed by atoms with Gasteiger partial charge < -0.3 is 5.11 Å². The van der Waals surface area contributed by atoms with Gasteiger partial charge in [-0.2, -0.15) is 0 Å². The molecule has 1 aromatic rings. The molecule has 0 aliphatic carbocycles. The van der Waals surface area contributed by atoms with Crippen LogP contribution in [0.15, 0.2) is 24.3 Å². The molecule has 0 spiro atoms. The van der Waals surface area contributed by atoms with Gasteiger partial charge in [0.1, 0.15) is 0 Å². The van der Waals surface area contributed by atoms with E-state index in [1.165, 1.54) is 0 Å². The Morgan fingerprint density at radius 1 is 1.50 bits per heavy atom. The highest BCUT2D eigenvalue weighted by molar-refractivity contribution is 5.87. The lowest BCUT2D eigenvalue weighted by molar-refractivity contribution is 0.0696. The number of rotatable bonds is 4. The molecule has 0 aliphatic rings. The molecule has 1 aromatic carbocycles. The zero-order chi connectivity index (χ0) is 10.6. The van der Waals surface area contributed by atoms with Gasteiger partial charge in [-0.05, 0) is 17.7 Å². The second-order valence-corrected chi connectivity index (χ2v) is 3.23. The van der Waals surface area contributed by atoms with E-state index in [-0.39, 0.29) is 0 Å². The summed E-state index contributed by atoms with van der Waals surface area (Å²) in [4.78, 5) is 10.7. The maximum atomic E-state index is 10.7. The highest BCUT2D eigenvalue weighted by Crippen LogP contribution is 2.04. The fourth-order valence-electron chi connectivity index (χ4n) is 1.06. The molecule has 0 saturated carbocycles. The Balaban J connectivity index is 2.69. The van der Waals surface area contributed by atoms with E-state index in [4.69, 9.17) is 5.11 Å². The van der Waals surface area contributed by atoms with Crippen molar-refractivity contribution in [3.63, 3.8) is 0 Å². The summed E-state index contributed by atoms with van der Waals surface area (Å²) < 4.78 is 0. The van der Waals surface area contributed by atoms with Gasteiger partial charge >= 0.3 is 5.97 Å². The molecule has 0 amide bonds. The van der Waals surface area contributed by atoms with Crippen LogP contribution in [0, 0.1) is 0 Å². The van der Waals surface area contributed by atoms with E-state index >= 15 is 0 Å². The fourth-order valence-corrected chi connectivity index (χ4v) is 1.06. The monoisotopic (exact) mass is 194 g/mol. The summed E-state index contributed by atoms with van der Waals surface area (Å²) in [6, 6.07) is 6.89. The summed E-state index contributed by atoms with van der Waals surface area (Å²) in [5.74, 6) is -0.892. The summed E-state index contributed by atoms with van der Waals surface area (Å²) in [5.41, 5.74) is 4.35. The number of nitrogens with one attached hydrogen (secondary N) is 1. The fraction of sp³-hybridized carbons (Fsp3) is 0.300. The first-order valence-electron chi connectivity index (χ1n) is 4.32. The lowest BCUT2D eigenvalue weighted by Crippen LogP contribution is -2.29. The number of benzene rings is 1. The van der Waals surface area contributed by atoms with Crippen molar-refractivity contribution in [1.29, 1.82) is 0 Å². The van der Waals surface area contributed by atoms with Crippen molar-refractivity contribution in [3.8, 4) is 0 Å². The number of hydrogen-bond donors (Lipinski definition) is 2. The Kier molecular flexibility index (Phi) is 3.62. The van der Waals surface area contributed by atoms with Crippen LogP contribution in [-0.2, 0) is 6.54 Å². The van der Waals surface area contributed by atoms with Gasteiger partial charge in [0.25, 0.3) is 0 Å². The third kappa shape index (κ3) is 3.16. The standard InChI is InChI=1S/C10H14N2O2/c1-12(2)11-7-8-4-3-5-9(6-8)10(13)14/h3-6,11H,7H2,1-2H3,(H,13,14). The van der Waals surface area contributed by atoms with Crippen LogP contribution in [-0.4, -0.2) is 30.2 Å². The molecule has 0 aliphatic heterocycles. The first kappa shape index (κ1) is 10.7. The van der Waals surface area contributed by atoms with Crippen LogP contribution in [0.1, 0.15) is 15.9 Å². The number of aromatic carboxylic acids is 1. The third-order valence-electron chi connectivity index (χ3n) is 1.77. The molecule has 76 valence electrons. The van der Waals surface area contributed by atoms with Crippen molar-refractivity contribution in [2.24, 2.45) is 0 Å². The topological polar surface area (TPSA) is 52.6 Å². The summed E-state index contributed by atoms with van der Waals surface area (Å²) in [6.45, 7) is 0.633.